The number of aryl methyl sites for hydroxylation is 3. The second kappa shape index (κ2) is 16.1. The molecule has 0 radical (unpaired) electrons. The molecule has 0 amide bonds. The molecule has 70 heavy (non-hydrogen) atoms. The maximum Gasteiger partial charge on any atom is 2.00 e. The molecule has 0 unspecified atom stereocenters. The second-order valence-electron chi connectivity index (χ2n) is 18.1. The van der Waals surface area contributed by atoms with Gasteiger partial charge in [-0.25, -0.2) is 9.97 Å². The van der Waals surface area contributed by atoms with Crippen molar-refractivity contribution in [2.24, 2.45) is 0 Å². The van der Waals surface area contributed by atoms with Gasteiger partial charge in [-0.2, -0.15) is 0 Å². The van der Waals surface area contributed by atoms with Crippen LogP contribution in [0.5, 0.6) is 0 Å². The molecule has 0 bridgehead atoms. The number of para-hydroxylation sites is 4. The van der Waals surface area contributed by atoms with Crippen LogP contribution in [-0.2, 0) is 21.1 Å². The number of aromatic nitrogens is 6. The maximum absolute atomic E-state index is 6.91. The monoisotopic (exact) mass is 1080 g/mol. The van der Waals surface area contributed by atoms with Crippen molar-refractivity contribution >= 4 is 76.6 Å². The van der Waals surface area contributed by atoms with E-state index in [4.69, 9.17) is 19.4 Å². The van der Waals surface area contributed by atoms with Gasteiger partial charge in [0.05, 0.1) is 5.52 Å². The molecule has 0 saturated heterocycles. The third-order valence-corrected chi connectivity index (χ3v) is 13.9. The van der Waals surface area contributed by atoms with Crippen LogP contribution in [0.1, 0.15) is 16.7 Å². The molecule has 7 nitrogen and oxygen atoms in total. The molecule has 14 aromatic rings. The van der Waals surface area contributed by atoms with Crippen LogP contribution in [0.4, 0.5) is 0 Å². The first-order valence-corrected chi connectivity index (χ1v) is 23.3. The molecule has 0 aliphatic carbocycles. The summed E-state index contributed by atoms with van der Waals surface area (Å²) in [5.74, 6) is 1.58. The summed E-state index contributed by atoms with van der Waals surface area (Å²) in [5.41, 5.74) is 19.2. The molecule has 0 saturated carbocycles. The molecule has 8 heteroatoms. The molecule has 0 atom stereocenters. The van der Waals surface area contributed by atoms with Crippen molar-refractivity contribution in [3.63, 3.8) is 0 Å². The third-order valence-electron chi connectivity index (χ3n) is 13.9. The van der Waals surface area contributed by atoms with E-state index in [2.05, 4.69) is 174 Å². The predicted octanol–water partition coefficient (Wildman–Crippen LogP) is 15.5. The van der Waals surface area contributed by atoms with E-state index < -0.39 is 0 Å². The van der Waals surface area contributed by atoms with Crippen LogP contribution >= 0.6 is 0 Å². The SMILES string of the molecule is Cc1cc(C)c(-c2ccc3c(c2)c2ccc(-c4cc5c6ccccc6oc5c5c4nc(-c4cccc6c4[n-]c4ccccc46)n5-c4ccccc4)[c-]c2n3-c2cc(-c3ccncc3)ccn2)c(C)c1.[Pt+2]. The molecule has 334 valence electrons. The molecule has 8 aromatic carbocycles. The number of pyridine rings is 2. The van der Waals surface area contributed by atoms with Gasteiger partial charge in [-0.15, -0.1) is 34.8 Å². The molecule has 0 aliphatic heterocycles. The van der Waals surface area contributed by atoms with Crippen LogP contribution in [0, 0.1) is 26.8 Å². The summed E-state index contributed by atoms with van der Waals surface area (Å²) in [5, 5.41) is 6.45. The molecule has 0 spiro atoms. The largest absolute Gasteiger partial charge is 2.00 e. The van der Waals surface area contributed by atoms with E-state index in [1.54, 1.807) is 0 Å². The Morgan fingerprint density at radius 1 is 0.557 bits per heavy atom. The number of rotatable bonds is 6. The molecule has 0 N–H and O–H groups in total. The summed E-state index contributed by atoms with van der Waals surface area (Å²) in [6.07, 6.45) is 5.55. The molecule has 0 aliphatic rings. The smallest absolute Gasteiger partial charge is 0.656 e. The van der Waals surface area contributed by atoms with Gasteiger partial charge in [-0.3, -0.25) is 9.55 Å². The van der Waals surface area contributed by atoms with Crippen LogP contribution in [0.2, 0.25) is 0 Å². The summed E-state index contributed by atoms with van der Waals surface area (Å²) < 4.78 is 11.4. The van der Waals surface area contributed by atoms with Crippen LogP contribution in [0.3, 0.4) is 0 Å². The molecule has 14 rings (SSSR count). The van der Waals surface area contributed by atoms with Gasteiger partial charge in [0, 0.05) is 46.1 Å². The zero-order chi connectivity index (χ0) is 45.9. The summed E-state index contributed by atoms with van der Waals surface area (Å²) in [6, 6.07) is 63.9. The Hall–Kier alpha value is -8.38. The Balaban J connectivity index is 0.00000480. The van der Waals surface area contributed by atoms with E-state index in [-0.39, 0.29) is 21.1 Å². The van der Waals surface area contributed by atoms with Crippen LogP contribution in [0.25, 0.3) is 133 Å². The fourth-order valence-corrected chi connectivity index (χ4v) is 11.0. The zero-order valence-corrected chi connectivity index (χ0v) is 40.6. The minimum absolute atomic E-state index is 0. The molecule has 0 fully saturated rings. The number of hydrogen-bond acceptors (Lipinski definition) is 4. The van der Waals surface area contributed by atoms with Crippen molar-refractivity contribution in [2.45, 2.75) is 20.8 Å². The zero-order valence-electron chi connectivity index (χ0n) is 38.3. The van der Waals surface area contributed by atoms with Crippen LogP contribution in [-0.4, -0.2) is 24.1 Å². The first-order valence-electron chi connectivity index (χ1n) is 23.3. The van der Waals surface area contributed by atoms with E-state index in [0.29, 0.717) is 0 Å². The van der Waals surface area contributed by atoms with E-state index >= 15 is 0 Å². The Morgan fingerprint density at radius 3 is 2.16 bits per heavy atom. The van der Waals surface area contributed by atoms with E-state index in [0.717, 1.165) is 122 Å². The number of imidazole rings is 1. The van der Waals surface area contributed by atoms with Crippen molar-refractivity contribution < 1.29 is 25.5 Å². The number of nitrogens with zero attached hydrogens (tertiary/aromatic N) is 6. The minimum atomic E-state index is 0. The average Bonchev–Trinajstić information content (AvgIpc) is 4.15. The van der Waals surface area contributed by atoms with Crippen molar-refractivity contribution in [2.75, 3.05) is 0 Å². The van der Waals surface area contributed by atoms with E-state index in [1.807, 2.05) is 55.0 Å². The van der Waals surface area contributed by atoms with Crippen LogP contribution in [0.15, 0.2) is 193 Å². The standard InChI is InChI=1S/C62H40N6O.Pt/c1-36-30-37(2)57(38(3)31-36)42-21-23-53-50(32-42)45-22-20-41(33-54(45)68(53)56-34-40(26-29-64-56)39-24-27-63-28-25-39)49-35-51-46-15-8-10-19-55(46)69-61(51)60-59(49)66-62(67(60)43-12-5-4-6-13-43)48-17-11-16-47-44-14-7-9-18-52(44)65-58(47)48;/h4-32,34-35H,1-3H3;/q-2;+2. The average molecular weight is 1080 g/mol. The summed E-state index contributed by atoms with van der Waals surface area (Å²) in [7, 11) is 0. The molecular formula is C62H40N6OPt. The van der Waals surface area contributed by atoms with E-state index in [1.165, 1.54) is 27.8 Å². The van der Waals surface area contributed by atoms with Crippen molar-refractivity contribution in [1.82, 2.24) is 29.1 Å². The first-order chi connectivity index (χ1) is 33.9. The normalized spacial score (nSPS) is 11.8. The van der Waals surface area contributed by atoms with Crippen molar-refractivity contribution in [3.05, 3.63) is 211 Å². The number of hydrogen-bond donors (Lipinski definition) is 0. The van der Waals surface area contributed by atoms with Gasteiger partial charge >= 0.3 is 21.1 Å². The predicted molar refractivity (Wildman–Crippen MR) is 281 cm³/mol. The van der Waals surface area contributed by atoms with Gasteiger partial charge < -0.3 is 14.0 Å². The molecule has 6 aromatic heterocycles. The minimum Gasteiger partial charge on any atom is -0.656 e. The van der Waals surface area contributed by atoms with Gasteiger partial charge in [0.15, 0.2) is 5.58 Å². The van der Waals surface area contributed by atoms with Crippen molar-refractivity contribution in [3.8, 4) is 56.3 Å². The molecular weight excluding hydrogens is 1040 g/mol. The van der Waals surface area contributed by atoms with Gasteiger partial charge in [0.1, 0.15) is 22.7 Å². The Bertz CT molecular complexity index is 4380. The van der Waals surface area contributed by atoms with Gasteiger partial charge in [0.25, 0.3) is 0 Å². The fraction of sp³-hybridized carbons (Fsp3) is 0.0484. The van der Waals surface area contributed by atoms with Gasteiger partial charge in [0.2, 0.25) is 0 Å². The number of fused-ring (bicyclic) bond motifs is 11. The third kappa shape index (κ3) is 6.35. The fourth-order valence-electron chi connectivity index (χ4n) is 11.0. The maximum atomic E-state index is 6.91. The Morgan fingerprint density at radius 2 is 1.31 bits per heavy atom. The quantitative estimate of drug-likeness (QED) is 0.155. The Labute approximate surface area is 417 Å². The topological polar surface area (TPSA) is 75.8 Å². The second-order valence-corrected chi connectivity index (χ2v) is 18.1. The summed E-state index contributed by atoms with van der Waals surface area (Å²) in [4.78, 5) is 20.3. The first kappa shape index (κ1) is 41.8. The summed E-state index contributed by atoms with van der Waals surface area (Å²) >= 11 is 0. The summed E-state index contributed by atoms with van der Waals surface area (Å²) in [6.45, 7) is 6.58. The van der Waals surface area contributed by atoms with Gasteiger partial charge in [-0.05, 0) is 124 Å². The number of furan rings is 1. The van der Waals surface area contributed by atoms with Crippen LogP contribution < -0.4 is 4.98 Å². The number of benzene rings is 8. The molecule has 6 heterocycles. The van der Waals surface area contributed by atoms with E-state index in [9.17, 15) is 0 Å². The van der Waals surface area contributed by atoms with Gasteiger partial charge in [-0.1, -0.05) is 126 Å². The van der Waals surface area contributed by atoms with Crippen molar-refractivity contribution in [1.29, 1.82) is 0 Å². The Kier molecular flexibility index (Phi) is 9.62.